The van der Waals surface area contributed by atoms with E-state index in [2.05, 4.69) is 5.32 Å². The van der Waals surface area contributed by atoms with Crippen molar-refractivity contribution in [1.82, 2.24) is 10.2 Å². The first kappa shape index (κ1) is 18.9. The van der Waals surface area contributed by atoms with Crippen molar-refractivity contribution in [3.63, 3.8) is 0 Å². The molecule has 1 aromatic heterocycles. The van der Waals surface area contributed by atoms with Crippen LogP contribution in [-0.4, -0.2) is 41.4 Å². The Hall–Kier alpha value is -1.11. The van der Waals surface area contributed by atoms with E-state index >= 15 is 0 Å². The molecule has 0 aliphatic carbocycles. The van der Waals surface area contributed by atoms with Crippen LogP contribution in [0.1, 0.15) is 42.8 Å². The fourth-order valence-corrected chi connectivity index (χ4v) is 3.10. The molecule has 0 bridgehead atoms. The molecule has 22 heavy (non-hydrogen) atoms. The Morgan fingerprint density at radius 1 is 1.45 bits per heavy atom. The number of likely N-dealkylation sites (tertiary alicyclic amines) is 1. The highest BCUT2D eigenvalue weighted by Gasteiger charge is 2.33. The normalized spacial score (nSPS) is 18.5. The number of carbonyl (C=O) groups is 2. The zero-order chi connectivity index (χ0) is 15.5. The summed E-state index contributed by atoms with van der Waals surface area (Å²) in [6, 6.07) is 3.28. The Bertz CT molecular complexity index is 499. The third kappa shape index (κ3) is 4.97. The van der Waals surface area contributed by atoms with Crippen LogP contribution < -0.4 is 11.1 Å². The molecule has 1 atom stereocenters. The molecule has 1 unspecified atom stereocenters. The van der Waals surface area contributed by atoms with Crippen molar-refractivity contribution >= 4 is 35.6 Å². The lowest BCUT2D eigenvalue weighted by molar-refractivity contribution is -0.126. The van der Waals surface area contributed by atoms with Crippen LogP contribution in [0.2, 0.25) is 0 Å². The zero-order valence-electron chi connectivity index (χ0n) is 13.0. The minimum Gasteiger partial charge on any atom is -0.352 e. The molecule has 1 aliphatic rings. The maximum Gasteiger partial charge on any atom is 0.264 e. The van der Waals surface area contributed by atoms with Gasteiger partial charge in [0.1, 0.15) is 6.04 Å². The van der Waals surface area contributed by atoms with Crippen LogP contribution in [-0.2, 0) is 4.79 Å². The molecule has 0 saturated carbocycles. The molecule has 0 radical (unpaired) electrons. The summed E-state index contributed by atoms with van der Waals surface area (Å²) >= 11 is 1.41. The maximum atomic E-state index is 12.5. The van der Waals surface area contributed by atoms with Crippen molar-refractivity contribution < 1.29 is 9.59 Å². The summed E-state index contributed by atoms with van der Waals surface area (Å²) in [5, 5.41) is 4.75. The van der Waals surface area contributed by atoms with E-state index < -0.39 is 5.54 Å². The van der Waals surface area contributed by atoms with Crippen molar-refractivity contribution in [2.45, 2.75) is 44.7 Å². The molecule has 0 aromatic carbocycles. The zero-order valence-corrected chi connectivity index (χ0v) is 14.6. The van der Waals surface area contributed by atoms with Gasteiger partial charge < -0.3 is 16.0 Å². The van der Waals surface area contributed by atoms with E-state index in [4.69, 9.17) is 5.73 Å². The van der Waals surface area contributed by atoms with Crippen LogP contribution in [0, 0.1) is 0 Å². The highest BCUT2D eigenvalue weighted by atomic mass is 35.5. The van der Waals surface area contributed by atoms with E-state index in [0.717, 1.165) is 12.8 Å². The second-order valence-electron chi connectivity index (χ2n) is 6.19. The highest BCUT2D eigenvalue weighted by molar-refractivity contribution is 7.12. The van der Waals surface area contributed by atoms with Gasteiger partial charge in [-0.25, -0.2) is 0 Å². The molecule has 124 valence electrons. The van der Waals surface area contributed by atoms with E-state index in [-0.39, 0.29) is 30.3 Å². The van der Waals surface area contributed by atoms with Crippen molar-refractivity contribution in [3.8, 4) is 0 Å². The Kier molecular flexibility index (Phi) is 6.84. The number of nitrogens with two attached hydrogens (primary N) is 1. The van der Waals surface area contributed by atoms with Crippen LogP contribution in [0.5, 0.6) is 0 Å². The van der Waals surface area contributed by atoms with Gasteiger partial charge in [-0.2, -0.15) is 0 Å². The van der Waals surface area contributed by atoms with Gasteiger partial charge in [0.25, 0.3) is 5.91 Å². The fraction of sp³-hybridized carbons (Fsp3) is 0.600. The largest absolute Gasteiger partial charge is 0.352 e. The minimum absolute atomic E-state index is 0. The number of nitrogens with one attached hydrogen (secondary N) is 1. The second kappa shape index (κ2) is 7.94. The number of carbonyl (C=O) groups excluding carboxylic acids is 2. The van der Waals surface area contributed by atoms with E-state index in [1.165, 1.54) is 11.3 Å². The van der Waals surface area contributed by atoms with Crippen molar-refractivity contribution in [2.24, 2.45) is 5.73 Å². The predicted octanol–water partition coefficient (Wildman–Crippen LogP) is 2.02. The molecule has 0 spiro atoms. The quantitative estimate of drug-likeness (QED) is 0.876. The topological polar surface area (TPSA) is 75.4 Å². The van der Waals surface area contributed by atoms with Gasteiger partial charge in [-0.05, 0) is 44.6 Å². The summed E-state index contributed by atoms with van der Waals surface area (Å²) in [6.07, 6.45) is 2.63. The van der Waals surface area contributed by atoms with Gasteiger partial charge in [0.15, 0.2) is 0 Å². The van der Waals surface area contributed by atoms with Crippen molar-refractivity contribution in [2.75, 3.05) is 13.1 Å². The van der Waals surface area contributed by atoms with Gasteiger partial charge >= 0.3 is 0 Å². The van der Waals surface area contributed by atoms with E-state index in [9.17, 15) is 9.59 Å². The monoisotopic (exact) mass is 345 g/mol. The second-order valence-corrected chi connectivity index (χ2v) is 7.14. The number of amides is 2. The molecule has 1 aromatic rings. The predicted molar refractivity (Wildman–Crippen MR) is 91.5 cm³/mol. The van der Waals surface area contributed by atoms with Crippen LogP contribution in [0.15, 0.2) is 17.5 Å². The van der Waals surface area contributed by atoms with Gasteiger partial charge in [-0.15, -0.1) is 23.7 Å². The molecule has 2 rings (SSSR count). The Balaban J connectivity index is 0.00000242. The standard InChI is InChI=1S/C15H23N3O2S.ClH/c1-15(2,16)10-17-13(19)11-6-3-4-8-18(11)14(20)12-7-5-9-21-12;/h5,7,9,11H,3-4,6,8,10,16H2,1-2H3,(H,17,19);1H. The average Bonchev–Trinajstić information content (AvgIpc) is 2.97. The molecule has 7 heteroatoms. The number of thiophene rings is 1. The minimum atomic E-state index is -0.451. The first-order chi connectivity index (χ1) is 9.88. The fourth-order valence-electron chi connectivity index (χ4n) is 2.42. The number of rotatable bonds is 4. The van der Waals surface area contributed by atoms with E-state index in [1.807, 2.05) is 25.3 Å². The smallest absolute Gasteiger partial charge is 0.264 e. The van der Waals surface area contributed by atoms with Crippen molar-refractivity contribution in [1.29, 1.82) is 0 Å². The Morgan fingerprint density at radius 3 is 2.77 bits per heavy atom. The number of piperidine rings is 1. The van der Waals surface area contributed by atoms with E-state index in [1.54, 1.807) is 11.0 Å². The Labute approximate surface area is 141 Å². The highest BCUT2D eigenvalue weighted by Crippen LogP contribution is 2.22. The van der Waals surface area contributed by atoms with Crippen molar-refractivity contribution in [3.05, 3.63) is 22.4 Å². The number of hydrogen-bond acceptors (Lipinski definition) is 4. The summed E-state index contributed by atoms with van der Waals surface area (Å²) < 4.78 is 0. The first-order valence-electron chi connectivity index (χ1n) is 7.29. The molecule has 1 aliphatic heterocycles. The molecule has 3 N–H and O–H groups in total. The number of halogens is 1. The van der Waals surface area contributed by atoms with Crippen LogP contribution >= 0.6 is 23.7 Å². The summed E-state index contributed by atoms with van der Waals surface area (Å²) in [4.78, 5) is 27.3. The summed E-state index contributed by atoms with van der Waals surface area (Å²) in [6.45, 7) is 4.77. The molecular weight excluding hydrogens is 322 g/mol. The summed E-state index contributed by atoms with van der Waals surface area (Å²) in [5.41, 5.74) is 5.44. The Morgan fingerprint density at radius 2 is 2.18 bits per heavy atom. The SMILES string of the molecule is CC(C)(N)CNC(=O)C1CCCCN1C(=O)c1cccs1.Cl. The van der Waals surface area contributed by atoms with Gasteiger partial charge in [-0.1, -0.05) is 6.07 Å². The number of hydrogen-bond donors (Lipinski definition) is 2. The van der Waals surface area contributed by atoms with Gasteiger partial charge in [0.05, 0.1) is 4.88 Å². The van der Waals surface area contributed by atoms with Crippen LogP contribution in [0.3, 0.4) is 0 Å². The summed E-state index contributed by atoms with van der Waals surface area (Å²) in [7, 11) is 0. The molecule has 1 saturated heterocycles. The third-order valence-corrected chi connectivity index (χ3v) is 4.37. The van der Waals surface area contributed by atoms with E-state index in [0.29, 0.717) is 24.4 Å². The molecule has 5 nitrogen and oxygen atoms in total. The lowest BCUT2D eigenvalue weighted by Crippen LogP contribution is -2.54. The lowest BCUT2D eigenvalue weighted by Gasteiger charge is -2.35. The number of nitrogens with zero attached hydrogens (tertiary/aromatic N) is 1. The van der Waals surface area contributed by atoms with Gasteiger partial charge in [0, 0.05) is 18.6 Å². The third-order valence-electron chi connectivity index (χ3n) is 3.52. The molecule has 2 amide bonds. The molecule has 1 fully saturated rings. The van der Waals surface area contributed by atoms with Crippen LogP contribution in [0.4, 0.5) is 0 Å². The van der Waals surface area contributed by atoms with Gasteiger partial charge in [0.2, 0.25) is 5.91 Å². The lowest BCUT2D eigenvalue weighted by atomic mass is 10.0. The average molecular weight is 346 g/mol. The summed E-state index contributed by atoms with van der Waals surface area (Å²) in [5.74, 6) is -0.144. The van der Waals surface area contributed by atoms with Gasteiger partial charge in [-0.3, -0.25) is 9.59 Å². The maximum absolute atomic E-state index is 12.5. The molecule has 2 heterocycles. The molecular formula is C15H24ClN3O2S. The van der Waals surface area contributed by atoms with Crippen LogP contribution in [0.25, 0.3) is 0 Å². The first-order valence-corrected chi connectivity index (χ1v) is 8.17.